The molecule has 1 aromatic rings. The molecule has 1 saturated heterocycles. The number of amides is 1. The van der Waals surface area contributed by atoms with Gasteiger partial charge in [0, 0.05) is 12.7 Å². The number of hydrogen-bond acceptors (Lipinski definition) is 5. The van der Waals surface area contributed by atoms with Crippen LogP contribution < -0.4 is 10.9 Å². The number of thioether (sulfide) groups is 1. The van der Waals surface area contributed by atoms with Gasteiger partial charge in [0.15, 0.2) is 0 Å². The molecule has 1 amide bonds. The van der Waals surface area contributed by atoms with Gasteiger partial charge in [-0.15, -0.1) is 11.8 Å². The Morgan fingerprint density at radius 3 is 2.82 bits per heavy atom. The number of carbonyl (C=O) groups is 1. The lowest BCUT2D eigenvalue weighted by molar-refractivity contribution is -0.115. The van der Waals surface area contributed by atoms with Crippen molar-refractivity contribution < 1.29 is 4.79 Å². The van der Waals surface area contributed by atoms with E-state index in [1.165, 1.54) is 28.6 Å². The highest BCUT2D eigenvalue weighted by atomic mass is 35.5. The van der Waals surface area contributed by atoms with Crippen molar-refractivity contribution in [3.05, 3.63) is 27.6 Å². The average molecular weight is 337 g/mol. The number of rotatable bonds is 3. The number of carbonyl (C=O) groups excluding carboxylic acids is 1. The van der Waals surface area contributed by atoms with Crippen molar-refractivity contribution in [3.8, 4) is 12.1 Å². The average Bonchev–Trinajstić information content (AvgIpc) is 2.94. The highest BCUT2D eigenvalue weighted by Crippen LogP contribution is 2.38. The van der Waals surface area contributed by atoms with Crippen molar-refractivity contribution in [2.45, 2.75) is 30.4 Å². The van der Waals surface area contributed by atoms with E-state index in [9.17, 15) is 9.59 Å². The first-order valence-electron chi connectivity index (χ1n) is 6.65. The lowest BCUT2D eigenvalue weighted by Crippen LogP contribution is -2.26. The molecule has 6 nitrogen and oxygen atoms in total. The predicted octanol–water partition coefficient (Wildman–Crippen LogP) is 2.00. The minimum Gasteiger partial charge on any atom is -0.324 e. The minimum absolute atomic E-state index is 0.0310. The van der Waals surface area contributed by atoms with Crippen LogP contribution in [0, 0.1) is 28.6 Å². The molecular formula is C14H13ClN4O2S. The van der Waals surface area contributed by atoms with Gasteiger partial charge in [0.2, 0.25) is 5.91 Å². The second kappa shape index (κ2) is 6.87. The van der Waals surface area contributed by atoms with E-state index < -0.39 is 16.4 Å². The zero-order valence-corrected chi connectivity index (χ0v) is 13.3. The number of aromatic nitrogens is 1. The fourth-order valence-corrected chi connectivity index (χ4v) is 3.72. The van der Waals surface area contributed by atoms with Crippen molar-refractivity contribution in [2.24, 2.45) is 5.92 Å². The van der Waals surface area contributed by atoms with E-state index in [0.717, 1.165) is 0 Å². The summed E-state index contributed by atoms with van der Waals surface area (Å²) < 4.78 is 1.40. The summed E-state index contributed by atoms with van der Waals surface area (Å²) in [6.07, 6.45) is 1.86. The third kappa shape index (κ3) is 3.27. The SMILES string of the molecule is CCn1cc(NC(=O)C2CC(C#N)C(C#N)S2)cc(Cl)c1=O. The predicted molar refractivity (Wildman–Crippen MR) is 84.5 cm³/mol. The van der Waals surface area contributed by atoms with E-state index in [-0.39, 0.29) is 16.5 Å². The molecule has 0 spiro atoms. The smallest absolute Gasteiger partial charge is 0.269 e. The Bertz CT molecular complexity index is 712. The summed E-state index contributed by atoms with van der Waals surface area (Å²) >= 11 is 7.05. The van der Waals surface area contributed by atoms with Gasteiger partial charge >= 0.3 is 0 Å². The summed E-state index contributed by atoms with van der Waals surface area (Å²) in [6, 6.07) is 5.50. The molecule has 1 aliphatic heterocycles. The number of aryl methyl sites for hydroxylation is 1. The van der Waals surface area contributed by atoms with Crippen LogP contribution in [0.4, 0.5) is 5.69 Å². The van der Waals surface area contributed by atoms with Crippen molar-refractivity contribution in [1.29, 1.82) is 10.5 Å². The first-order valence-corrected chi connectivity index (χ1v) is 7.97. The largest absolute Gasteiger partial charge is 0.324 e. The van der Waals surface area contributed by atoms with Crippen LogP contribution in [0.3, 0.4) is 0 Å². The standard InChI is InChI=1S/C14H13ClN4O2S/c1-2-19-7-9(4-10(15)14(19)21)18-13(20)11-3-8(5-16)12(6-17)22-11/h4,7-8,11-12H,2-3H2,1H3,(H,18,20). The highest BCUT2D eigenvalue weighted by molar-refractivity contribution is 8.01. The van der Waals surface area contributed by atoms with Gasteiger partial charge in [-0.25, -0.2) is 0 Å². The molecule has 2 heterocycles. The van der Waals surface area contributed by atoms with Crippen molar-refractivity contribution >= 4 is 35.0 Å². The molecule has 0 aliphatic carbocycles. The molecule has 0 aromatic carbocycles. The molecule has 0 saturated carbocycles. The van der Waals surface area contributed by atoms with Gasteiger partial charge in [-0.1, -0.05) is 11.6 Å². The third-order valence-electron chi connectivity index (χ3n) is 3.38. The van der Waals surface area contributed by atoms with Gasteiger partial charge in [-0.3, -0.25) is 9.59 Å². The summed E-state index contributed by atoms with van der Waals surface area (Å²) in [5.41, 5.74) is 0.109. The molecule has 3 atom stereocenters. The van der Waals surface area contributed by atoms with Crippen LogP contribution in [0.2, 0.25) is 5.02 Å². The fourth-order valence-electron chi connectivity index (χ4n) is 2.22. The Labute approximate surface area is 136 Å². The number of anilines is 1. The van der Waals surface area contributed by atoms with Crippen molar-refractivity contribution in [2.75, 3.05) is 5.32 Å². The molecule has 1 fully saturated rings. The normalized spacial score (nSPS) is 23.5. The van der Waals surface area contributed by atoms with Gasteiger partial charge in [0.25, 0.3) is 5.56 Å². The summed E-state index contributed by atoms with van der Waals surface area (Å²) in [4.78, 5) is 24.0. The summed E-state index contributed by atoms with van der Waals surface area (Å²) in [6.45, 7) is 2.23. The molecule has 2 rings (SSSR count). The van der Waals surface area contributed by atoms with E-state index in [1.807, 2.05) is 6.07 Å². The molecular weight excluding hydrogens is 324 g/mol. The van der Waals surface area contributed by atoms with Gasteiger partial charge in [0.1, 0.15) is 10.3 Å². The van der Waals surface area contributed by atoms with Crippen molar-refractivity contribution in [1.82, 2.24) is 4.57 Å². The van der Waals surface area contributed by atoms with E-state index in [1.54, 1.807) is 6.92 Å². The number of hydrogen-bond donors (Lipinski definition) is 1. The maximum atomic E-state index is 12.3. The van der Waals surface area contributed by atoms with Crippen LogP contribution in [0.5, 0.6) is 0 Å². The van der Waals surface area contributed by atoms with Crippen LogP contribution in [-0.2, 0) is 11.3 Å². The Balaban J connectivity index is 2.14. The number of nitrogens with zero attached hydrogens (tertiary/aromatic N) is 3. The first kappa shape index (κ1) is 16.4. The number of pyridine rings is 1. The molecule has 1 aliphatic rings. The van der Waals surface area contributed by atoms with Crippen LogP contribution in [-0.4, -0.2) is 21.0 Å². The Morgan fingerprint density at radius 2 is 2.27 bits per heavy atom. The lowest BCUT2D eigenvalue weighted by atomic mass is 10.0. The molecule has 3 unspecified atom stereocenters. The molecule has 8 heteroatoms. The molecule has 1 aromatic heterocycles. The summed E-state index contributed by atoms with van der Waals surface area (Å²) in [5.74, 6) is -0.737. The minimum atomic E-state index is -0.492. The van der Waals surface area contributed by atoms with Crippen LogP contribution >= 0.6 is 23.4 Å². The molecule has 0 radical (unpaired) electrons. The molecule has 1 N–H and O–H groups in total. The number of nitriles is 2. The second-order valence-electron chi connectivity index (χ2n) is 4.80. The second-order valence-corrected chi connectivity index (χ2v) is 6.56. The zero-order chi connectivity index (χ0) is 16.3. The van der Waals surface area contributed by atoms with Crippen LogP contribution in [0.15, 0.2) is 17.1 Å². The van der Waals surface area contributed by atoms with E-state index in [4.69, 9.17) is 22.1 Å². The first-order chi connectivity index (χ1) is 10.5. The monoisotopic (exact) mass is 336 g/mol. The summed E-state index contributed by atoms with van der Waals surface area (Å²) in [7, 11) is 0. The van der Waals surface area contributed by atoms with Gasteiger partial charge in [0.05, 0.1) is 29.0 Å². The Kier molecular flexibility index (Phi) is 5.12. The Morgan fingerprint density at radius 1 is 1.55 bits per heavy atom. The third-order valence-corrected chi connectivity index (χ3v) is 5.11. The van der Waals surface area contributed by atoms with Crippen LogP contribution in [0.25, 0.3) is 0 Å². The zero-order valence-electron chi connectivity index (χ0n) is 11.7. The fraction of sp³-hybridized carbons (Fsp3) is 0.429. The van der Waals surface area contributed by atoms with E-state index in [0.29, 0.717) is 18.7 Å². The quantitative estimate of drug-likeness (QED) is 0.910. The molecule has 22 heavy (non-hydrogen) atoms. The van der Waals surface area contributed by atoms with E-state index in [2.05, 4.69) is 11.4 Å². The number of nitrogens with one attached hydrogen (secondary N) is 1. The topological polar surface area (TPSA) is 98.7 Å². The summed E-state index contributed by atoms with van der Waals surface area (Å²) in [5, 5.41) is 19.7. The van der Waals surface area contributed by atoms with Gasteiger partial charge in [-0.2, -0.15) is 10.5 Å². The maximum absolute atomic E-state index is 12.3. The number of halogens is 1. The maximum Gasteiger partial charge on any atom is 0.269 e. The highest BCUT2D eigenvalue weighted by Gasteiger charge is 2.39. The van der Waals surface area contributed by atoms with E-state index >= 15 is 0 Å². The van der Waals surface area contributed by atoms with Gasteiger partial charge < -0.3 is 9.88 Å². The van der Waals surface area contributed by atoms with Crippen LogP contribution in [0.1, 0.15) is 13.3 Å². The van der Waals surface area contributed by atoms with Gasteiger partial charge in [-0.05, 0) is 19.4 Å². The molecule has 0 bridgehead atoms. The molecule has 114 valence electrons. The van der Waals surface area contributed by atoms with Crippen molar-refractivity contribution in [3.63, 3.8) is 0 Å². The Hall–Kier alpha value is -1.96. The lowest BCUT2D eigenvalue weighted by Gasteiger charge is -2.12.